The third kappa shape index (κ3) is 4.97. The molecule has 1 aliphatic rings. The highest BCUT2D eigenvalue weighted by Gasteiger charge is 2.19. The fourth-order valence-electron chi connectivity index (χ4n) is 2.90. The van der Waals surface area contributed by atoms with E-state index in [0.29, 0.717) is 13.2 Å². The first-order valence-corrected chi connectivity index (χ1v) is 9.09. The number of hydrogen-bond donors (Lipinski definition) is 1. The van der Waals surface area contributed by atoms with Gasteiger partial charge < -0.3 is 14.7 Å². The molecule has 2 aromatic rings. The lowest BCUT2D eigenvalue weighted by molar-refractivity contribution is 0.0663. The molecule has 1 fully saturated rings. The van der Waals surface area contributed by atoms with E-state index in [2.05, 4.69) is 50.0 Å². The van der Waals surface area contributed by atoms with E-state index >= 15 is 0 Å². The molecule has 24 heavy (non-hydrogen) atoms. The predicted octanol–water partition coefficient (Wildman–Crippen LogP) is 3.01. The van der Waals surface area contributed by atoms with Crippen molar-refractivity contribution < 1.29 is 9.84 Å². The molecule has 1 heterocycles. The number of anilines is 1. The summed E-state index contributed by atoms with van der Waals surface area (Å²) in [6, 6.07) is 18.1. The predicted molar refractivity (Wildman–Crippen MR) is 101 cm³/mol. The van der Waals surface area contributed by atoms with E-state index in [-0.39, 0.29) is 0 Å². The molecule has 0 bridgehead atoms. The van der Waals surface area contributed by atoms with Gasteiger partial charge in [0.2, 0.25) is 0 Å². The van der Waals surface area contributed by atoms with Crippen LogP contribution in [0.5, 0.6) is 5.75 Å². The van der Waals surface area contributed by atoms with Gasteiger partial charge in [-0.2, -0.15) is 0 Å². The van der Waals surface area contributed by atoms with Gasteiger partial charge in [0.15, 0.2) is 0 Å². The fourth-order valence-corrected chi connectivity index (χ4v) is 3.16. The molecule has 0 radical (unpaired) electrons. The van der Waals surface area contributed by atoms with Gasteiger partial charge in [-0.3, -0.25) is 4.90 Å². The van der Waals surface area contributed by atoms with Gasteiger partial charge in [0.25, 0.3) is 0 Å². The second kappa shape index (κ2) is 8.51. The molecule has 0 spiro atoms. The quantitative estimate of drug-likeness (QED) is 0.822. The zero-order valence-corrected chi connectivity index (χ0v) is 15.2. The van der Waals surface area contributed by atoms with Crippen molar-refractivity contribution in [3.05, 3.63) is 59.1 Å². The summed E-state index contributed by atoms with van der Waals surface area (Å²) in [5.74, 6) is 0.802. The number of aliphatic hydroxyl groups excluding tert-OH is 1. The van der Waals surface area contributed by atoms with E-state index in [1.165, 1.54) is 5.69 Å². The first kappa shape index (κ1) is 17.3. The largest absolute Gasteiger partial charge is 0.491 e. The van der Waals surface area contributed by atoms with E-state index in [4.69, 9.17) is 4.74 Å². The van der Waals surface area contributed by atoms with Gasteiger partial charge >= 0.3 is 0 Å². The summed E-state index contributed by atoms with van der Waals surface area (Å²) in [7, 11) is 0. The molecule has 1 saturated heterocycles. The van der Waals surface area contributed by atoms with Crippen molar-refractivity contribution in [1.29, 1.82) is 0 Å². The molecule has 1 aliphatic heterocycles. The van der Waals surface area contributed by atoms with Crippen LogP contribution in [0.15, 0.2) is 59.1 Å². The number of β-amino-alcohol motifs (C(OH)–C–C–N with tert-alkyl or cyclic N) is 1. The molecule has 0 saturated carbocycles. The summed E-state index contributed by atoms with van der Waals surface area (Å²) in [5.41, 5.74) is 1.26. The van der Waals surface area contributed by atoms with Gasteiger partial charge in [0.1, 0.15) is 18.5 Å². The zero-order chi connectivity index (χ0) is 16.8. The summed E-state index contributed by atoms with van der Waals surface area (Å²) in [4.78, 5) is 4.68. The van der Waals surface area contributed by atoms with E-state index < -0.39 is 6.10 Å². The smallest absolute Gasteiger partial charge is 0.119 e. The van der Waals surface area contributed by atoms with Gasteiger partial charge in [-0.05, 0) is 36.4 Å². The Morgan fingerprint density at radius 3 is 2.29 bits per heavy atom. The number of hydrogen-bond acceptors (Lipinski definition) is 4. The highest BCUT2D eigenvalue weighted by Crippen LogP contribution is 2.19. The van der Waals surface area contributed by atoms with Gasteiger partial charge in [-0.25, -0.2) is 0 Å². The van der Waals surface area contributed by atoms with Crippen LogP contribution in [0.25, 0.3) is 0 Å². The molecule has 1 atom stereocenters. The van der Waals surface area contributed by atoms with E-state index in [9.17, 15) is 5.11 Å². The van der Waals surface area contributed by atoms with Crippen molar-refractivity contribution in [3.63, 3.8) is 0 Å². The van der Waals surface area contributed by atoms with Crippen molar-refractivity contribution in [2.24, 2.45) is 0 Å². The first-order chi connectivity index (χ1) is 11.7. The van der Waals surface area contributed by atoms with Crippen molar-refractivity contribution >= 4 is 21.6 Å². The lowest BCUT2D eigenvalue weighted by atomic mass is 10.2. The van der Waals surface area contributed by atoms with Crippen LogP contribution >= 0.6 is 15.9 Å². The summed E-state index contributed by atoms with van der Waals surface area (Å²) < 4.78 is 6.72. The van der Waals surface area contributed by atoms with Crippen LogP contribution in [0.3, 0.4) is 0 Å². The van der Waals surface area contributed by atoms with Crippen LogP contribution < -0.4 is 9.64 Å². The Balaban J connectivity index is 1.41. The monoisotopic (exact) mass is 390 g/mol. The van der Waals surface area contributed by atoms with Gasteiger partial charge in [-0.15, -0.1) is 0 Å². The van der Waals surface area contributed by atoms with Crippen molar-refractivity contribution in [2.75, 3.05) is 44.2 Å². The Morgan fingerprint density at radius 1 is 0.958 bits per heavy atom. The molecule has 0 aromatic heterocycles. The van der Waals surface area contributed by atoms with Gasteiger partial charge in [-0.1, -0.05) is 34.1 Å². The second-order valence-electron chi connectivity index (χ2n) is 6.04. The number of rotatable bonds is 6. The molecule has 128 valence electrons. The first-order valence-electron chi connectivity index (χ1n) is 8.29. The average molecular weight is 391 g/mol. The minimum absolute atomic E-state index is 0.330. The average Bonchev–Trinajstić information content (AvgIpc) is 2.62. The summed E-state index contributed by atoms with van der Waals surface area (Å²) in [5, 5.41) is 10.2. The van der Waals surface area contributed by atoms with Crippen LogP contribution in [0.1, 0.15) is 0 Å². The Kier molecular flexibility index (Phi) is 6.12. The van der Waals surface area contributed by atoms with Gasteiger partial charge in [0.05, 0.1) is 0 Å². The Morgan fingerprint density at radius 2 is 1.62 bits per heavy atom. The molecule has 0 aliphatic carbocycles. The highest BCUT2D eigenvalue weighted by molar-refractivity contribution is 9.10. The Bertz CT molecular complexity index is 613. The van der Waals surface area contributed by atoms with Crippen molar-refractivity contribution in [2.45, 2.75) is 6.10 Å². The molecule has 5 heteroatoms. The Hall–Kier alpha value is -1.56. The SMILES string of the molecule is O[C@H](COc1ccccc1)CN1CCN(c2ccc(Br)cc2)CC1. The minimum atomic E-state index is -0.468. The topological polar surface area (TPSA) is 35.9 Å². The number of aliphatic hydroxyl groups is 1. The number of para-hydroxylation sites is 1. The van der Waals surface area contributed by atoms with Crippen LogP contribution in [0.4, 0.5) is 5.69 Å². The maximum Gasteiger partial charge on any atom is 0.119 e. The standard InChI is InChI=1S/C19H23BrN2O2/c20-16-6-8-17(9-7-16)22-12-10-21(11-13-22)14-18(23)15-24-19-4-2-1-3-5-19/h1-9,18,23H,10-15H2/t18-/m0/s1. The van der Waals surface area contributed by atoms with E-state index in [1.54, 1.807) is 0 Å². The third-order valence-corrected chi connectivity index (χ3v) is 4.75. The van der Waals surface area contributed by atoms with Crippen molar-refractivity contribution in [1.82, 2.24) is 4.90 Å². The Labute approximate surface area is 151 Å². The summed E-state index contributed by atoms with van der Waals surface area (Å²) in [6.45, 7) is 4.86. The number of ether oxygens (including phenoxy) is 1. The van der Waals surface area contributed by atoms with E-state index in [0.717, 1.165) is 36.4 Å². The van der Waals surface area contributed by atoms with Crippen LogP contribution in [-0.2, 0) is 0 Å². The molecule has 3 rings (SSSR count). The highest BCUT2D eigenvalue weighted by atomic mass is 79.9. The summed E-state index contributed by atoms with van der Waals surface area (Å²) in [6.07, 6.45) is -0.468. The van der Waals surface area contributed by atoms with Crippen LogP contribution in [0.2, 0.25) is 0 Å². The third-order valence-electron chi connectivity index (χ3n) is 4.22. The zero-order valence-electron chi connectivity index (χ0n) is 13.6. The lowest BCUT2D eigenvalue weighted by Crippen LogP contribution is -2.49. The maximum atomic E-state index is 10.2. The molecule has 4 nitrogen and oxygen atoms in total. The maximum absolute atomic E-state index is 10.2. The minimum Gasteiger partial charge on any atom is -0.491 e. The summed E-state index contributed by atoms with van der Waals surface area (Å²) >= 11 is 3.47. The molecule has 0 unspecified atom stereocenters. The molecular formula is C19H23BrN2O2. The normalized spacial score (nSPS) is 16.8. The van der Waals surface area contributed by atoms with E-state index in [1.807, 2.05) is 30.3 Å². The van der Waals surface area contributed by atoms with Crippen LogP contribution in [0, 0.1) is 0 Å². The number of piperazine rings is 1. The molecule has 0 amide bonds. The molecule has 1 N–H and O–H groups in total. The molecule has 2 aromatic carbocycles. The van der Waals surface area contributed by atoms with Crippen LogP contribution in [-0.4, -0.2) is 55.4 Å². The lowest BCUT2D eigenvalue weighted by Gasteiger charge is -2.36. The number of benzene rings is 2. The number of nitrogens with zero attached hydrogens (tertiary/aromatic N) is 2. The van der Waals surface area contributed by atoms with Crippen molar-refractivity contribution in [3.8, 4) is 5.75 Å². The molecular weight excluding hydrogens is 368 g/mol. The number of halogens is 1. The van der Waals surface area contributed by atoms with Gasteiger partial charge in [0, 0.05) is 42.9 Å². The fraction of sp³-hybridized carbons (Fsp3) is 0.368. The second-order valence-corrected chi connectivity index (χ2v) is 6.96.